The van der Waals surface area contributed by atoms with Gasteiger partial charge < -0.3 is 10.6 Å². The van der Waals surface area contributed by atoms with Crippen LogP contribution < -0.4 is 10.6 Å². The van der Waals surface area contributed by atoms with Crippen molar-refractivity contribution in [3.8, 4) is 0 Å². The van der Waals surface area contributed by atoms with Crippen molar-refractivity contribution in [3.05, 3.63) is 45.8 Å². The van der Waals surface area contributed by atoms with Gasteiger partial charge in [-0.2, -0.15) is 5.10 Å². The molecule has 1 aromatic heterocycles. The molecule has 6 heteroatoms. The van der Waals surface area contributed by atoms with Crippen LogP contribution >= 0.6 is 12.4 Å². The van der Waals surface area contributed by atoms with Gasteiger partial charge in [0.05, 0.1) is 0 Å². The van der Waals surface area contributed by atoms with Crippen molar-refractivity contribution in [2.45, 2.75) is 33.7 Å². The molecule has 0 saturated heterocycles. The fourth-order valence-corrected chi connectivity index (χ4v) is 2.96. The van der Waals surface area contributed by atoms with Crippen LogP contribution in [0.25, 0.3) is 0 Å². The molecule has 1 aliphatic heterocycles. The molecule has 0 radical (unpaired) electrons. The van der Waals surface area contributed by atoms with Crippen molar-refractivity contribution in [1.29, 1.82) is 0 Å². The highest BCUT2D eigenvalue weighted by Crippen LogP contribution is 2.23. The van der Waals surface area contributed by atoms with Crippen molar-refractivity contribution in [1.82, 2.24) is 15.5 Å². The molecule has 0 atom stereocenters. The molecule has 1 aliphatic rings. The summed E-state index contributed by atoms with van der Waals surface area (Å²) in [7, 11) is 0. The van der Waals surface area contributed by atoms with E-state index in [0.29, 0.717) is 12.2 Å². The Morgan fingerprint density at radius 3 is 2.59 bits per heavy atom. The fourth-order valence-electron chi connectivity index (χ4n) is 2.96. The van der Waals surface area contributed by atoms with Gasteiger partial charge in [-0.1, -0.05) is 17.7 Å². The van der Waals surface area contributed by atoms with Crippen LogP contribution in [0.1, 0.15) is 38.4 Å². The van der Waals surface area contributed by atoms with E-state index < -0.39 is 0 Å². The third kappa shape index (κ3) is 3.00. The van der Waals surface area contributed by atoms with Crippen molar-refractivity contribution in [2.75, 3.05) is 11.9 Å². The number of aromatic amines is 1. The normalized spacial score (nSPS) is 13.2. The topological polar surface area (TPSA) is 69.8 Å². The highest BCUT2D eigenvalue weighted by molar-refractivity contribution is 6.04. The molecule has 5 nitrogen and oxygen atoms in total. The molecule has 1 amide bonds. The quantitative estimate of drug-likeness (QED) is 0.796. The van der Waals surface area contributed by atoms with Crippen LogP contribution in [0, 0.1) is 20.8 Å². The largest absolute Gasteiger partial charge is 0.320 e. The number of nitrogens with one attached hydrogen (secondary N) is 3. The molecule has 0 bridgehead atoms. The zero-order valence-corrected chi connectivity index (χ0v) is 13.9. The third-order valence-corrected chi connectivity index (χ3v) is 3.94. The minimum atomic E-state index is -0.147. The highest BCUT2D eigenvalue weighted by Gasteiger charge is 2.22. The van der Waals surface area contributed by atoms with Crippen molar-refractivity contribution >= 4 is 24.0 Å². The van der Waals surface area contributed by atoms with Crippen molar-refractivity contribution in [3.63, 3.8) is 0 Å². The van der Waals surface area contributed by atoms with Gasteiger partial charge in [-0.05, 0) is 31.9 Å². The minimum Gasteiger partial charge on any atom is -0.320 e. The summed E-state index contributed by atoms with van der Waals surface area (Å²) in [4.78, 5) is 12.5. The number of H-pyrrole nitrogens is 1. The summed E-state index contributed by atoms with van der Waals surface area (Å²) in [6.45, 7) is 7.70. The first-order valence-electron chi connectivity index (χ1n) is 7.22. The zero-order valence-electron chi connectivity index (χ0n) is 13.0. The highest BCUT2D eigenvalue weighted by atomic mass is 35.5. The Hall–Kier alpha value is -1.85. The van der Waals surface area contributed by atoms with Crippen molar-refractivity contribution < 1.29 is 4.79 Å². The smallest absolute Gasteiger partial charge is 0.276 e. The lowest BCUT2D eigenvalue weighted by molar-refractivity contribution is 0.102. The fraction of sp³-hybridized carbons (Fsp3) is 0.375. The molecular weight excluding hydrogens is 300 g/mol. The molecule has 0 aliphatic carbocycles. The number of benzene rings is 1. The maximum absolute atomic E-state index is 12.5. The second-order valence-corrected chi connectivity index (χ2v) is 5.68. The van der Waals surface area contributed by atoms with Gasteiger partial charge in [-0.3, -0.25) is 9.89 Å². The average Bonchev–Trinajstić information content (AvgIpc) is 2.86. The van der Waals surface area contributed by atoms with Crippen LogP contribution in [0.2, 0.25) is 0 Å². The van der Waals surface area contributed by atoms with E-state index in [1.165, 1.54) is 5.56 Å². The average molecular weight is 321 g/mol. The number of fused-ring (bicyclic) bond motifs is 1. The first-order chi connectivity index (χ1) is 10.1. The summed E-state index contributed by atoms with van der Waals surface area (Å²) >= 11 is 0. The molecule has 118 valence electrons. The number of aromatic nitrogens is 2. The lowest BCUT2D eigenvalue weighted by Crippen LogP contribution is -2.25. The molecule has 3 rings (SSSR count). The van der Waals surface area contributed by atoms with Crippen LogP contribution in [0.15, 0.2) is 12.1 Å². The summed E-state index contributed by atoms with van der Waals surface area (Å²) in [5, 5.41) is 13.5. The van der Waals surface area contributed by atoms with Crippen molar-refractivity contribution in [2.24, 2.45) is 0 Å². The Bertz CT molecular complexity index is 685. The van der Waals surface area contributed by atoms with Gasteiger partial charge in [-0.15, -0.1) is 12.4 Å². The zero-order chi connectivity index (χ0) is 15.0. The Morgan fingerprint density at radius 1 is 1.23 bits per heavy atom. The summed E-state index contributed by atoms with van der Waals surface area (Å²) in [5.41, 5.74) is 6.77. The molecular formula is C16H21ClN4O. The standard InChI is InChI=1S/C16H20N4O.ClH/c1-9-6-10(2)14(11(3)7-9)18-16(21)15-12-8-17-5-4-13(12)19-20-15;/h6-7,17H,4-5,8H2,1-3H3,(H,18,21)(H,19,20);1H. The van der Waals surface area contributed by atoms with E-state index in [-0.39, 0.29) is 18.3 Å². The van der Waals surface area contributed by atoms with E-state index in [4.69, 9.17) is 0 Å². The second-order valence-electron chi connectivity index (χ2n) is 5.68. The third-order valence-electron chi connectivity index (χ3n) is 3.94. The van der Waals surface area contributed by atoms with E-state index in [0.717, 1.165) is 41.0 Å². The minimum absolute atomic E-state index is 0. The maximum Gasteiger partial charge on any atom is 0.276 e. The van der Waals surface area contributed by atoms with Gasteiger partial charge in [0.25, 0.3) is 5.91 Å². The molecule has 0 saturated carbocycles. The summed E-state index contributed by atoms with van der Waals surface area (Å²) in [6.07, 6.45) is 0.887. The maximum atomic E-state index is 12.5. The summed E-state index contributed by atoms with van der Waals surface area (Å²) < 4.78 is 0. The molecule has 2 heterocycles. The monoisotopic (exact) mass is 320 g/mol. The van der Waals surface area contributed by atoms with Gasteiger partial charge in [-0.25, -0.2) is 0 Å². The first-order valence-corrected chi connectivity index (χ1v) is 7.22. The molecule has 0 spiro atoms. The van der Waals surface area contributed by atoms with Gasteiger partial charge in [0.2, 0.25) is 0 Å². The van der Waals surface area contributed by atoms with Crippen LogP contribution in [-0.2, 0) is 13.0 Å². The Labute approximate surface area is 136 Å². The molecule has 1 aromatic carbocycles. The molecule has 3 N–H and O–H groups in total. The predicted molar refractivity (Wildman–Crippen MR) is 89.9 cm³/mol. The number of aryl methyl sites for hydroxylation is 3. The molecule has 0 fully saturated rings. The lowest BCUT2D eigenvalue weighted by Gasteiger charge is -2.14. The van der Waals surface area contributed by atoms with E-state index in [1.54, 1.807) is 0 Å². The van der Waals surface area contributed by atoms with E-state index in [1.807, 2.05) is 13.8 Å². The van der Waals surface area contributed by atoms with Crippen LogP contribution in [-0.4, -0.2) is 22.6 Å². The van der Waals surface area contributed by atoms with Gasteiger partial charge >= 0.3 is 0 Å². The SMILES string of the molecule is Cc1cc(C)c(NC(=O)c2n[nH]c3c2CNCC3)c(C)c1.Cl. The number of anilines is 1. The lowest BCUT2D eigenvalue weighted by atomic mass is 10.0. The Balaban J connectivity index is 0.00000176. The number of halogens is 1. The summed E-state index contributed by atoms with van der Waals surface area (Å²) in [5.74, 6) is -0.147. The van der Waals surface area contributed by atoms with E-state index >= 15 is 0 Å². The van der Waals surface area contributed by atoms with Gasteiger partial charge in [0.1, 0.15) is 0 Å². The number of amides is 1. The Morgan fingerprint density at radius 2 is 1.91 bits per heavy atom. The van der Waals surface area contributed by atoms with Gasteiger partial charge in [0, 0.05) is 36.5 Å². The van der Waals surface area contributed by atoms with E-state index in [9.17, 15) is 4.79 Å². The number of carbonyl (C=O) groups is 1. The Kier molecular flexibility index (Phi) is 4.88. The molecule has 0 unspecified atom stereocenters. The first kappa shape index (κ1) is 16.5. The number of carbonyl (C=O) groups excluding carboxylic acids is 1. The predicted octanol–water partition coefficient (Wildman–Crippen LogP) is 2.65. The molecule has 22 heavy (non-hydrogen) atoms. The molecule has 2 aromatic rings. The number of rotatable bonds is 2. The number of hydrogen-bond donors (Lipinski definition) is 3. The number of hydrogen-bond acceptors (Lipinski definition) is 3. The number of nitrogens with zero attached hydrogens (tertiary/aromatic N) is 1. The second kappa shape index (κ2) is 6.50. The van der Waals surface area contributed by atoms with Crippen LogP contribution in [0.3, 0.4) is 0 Å². The van der Waals surface area contributed by atoms with Crippen LogP contribution in [0.5, 0.6) is 0 Å². The van der Waals surface area contributed by atoms with Crippen LogP contribution in [0.4, 0.5) is 5.69 Å². The summed E-state index contributed by atoms with van der Waals surface area (Å²) in [6, 6.07) is 4.15. The van der Waals surface area contributed by atoms with Gasteiger partial charge in [0.15, 0.2) is 5.69 Å². The van der Waals surface area contributed by atoms with E-state index in [2.05, 4.69) is 39.9 Å².